The minimum atomic E-state index is -4.55. The number of hydrogen-bond acceptors (Lipinski definition) is 6. The minimum absolute atomic E-state index is 0.0307. The van der Waals surface area contributed by atoms with Crippen LogP contribution in [0, 0.1) is 0 Å². The molecule has 240 valence electrons. The van der Waals surface area contributed by atoms with Crippen molar-refractivity contribution in [3.8, 4) is 0 Å². The van der Waals surface area contributed by atoms with Gasteiger partial charge in [-0.05, 0) is 58.3 Å². The molecule has 0 radical (unpaired) electrons. The molecular formula is C30H39F4N7O3. The summed E-state index contributed by atoms with van der Waals surface area (Å²) in [6.07, 6.45) is -1.77. The van der Waals surface area contributed by atoms with Crippen molar-refractivity contribution in [3.63, 3.8) is 0 Å². The van der Waals surface area contributed by atoms with Gasteiger partial charge in [0.2, 0.25) is 5.84 Å². The Morgan fingerprint density at radius 2 is 2.00 bits per heavy atom. The predicted molar refractivity (Wildman–Crippen MR) is 162 cm³/mol. The van der Waals surface area contributed by atoms with Crippen LogP contribution in [0.5, 0.6) is 0 Å². The molecule has 1 aliphatic heterocycles. The van der Waals surface area contributed by atoms with Crippen molar-refractivity contribution in [3.05, 3.63) is 54.0 Å². The largest absolute Gasteiger partial charge is 0.406 e. The summed E-state index contributed by atoms with van der Waals surface area (Å²) in [7, 11) is 3.50. The highest BCUT2D eigenvalue weighted by molar-refractivity contribution is 6.06. The predicted octanol–water partition coefficient (Wildman–Crippen LogP) is 4.65. The number of rotatable bonds is 12. The molecule has 2 N–H and O–H groups in total. The number of benzene rings is 1. The van der Waals surface area contributed by atoms with Crippen molar-refractivity contribution >= 4 is 35.1 Å². The number of oxime groups is 1. The number of anilines is 1. The molecule has 0 saturated carbocycles. The number of halogens is 4. The number of nitrogens with one attached hydrogen (secondary N) is 2. The first kappa shape index (κ1) is 33.0. The molecule has 4 rings (SSSR count). The van der Waals surface area contributed by atoms with Crippen molar-refractivity contribution < 1.29 is 31.9 Å². The second-order valence-corrected chi connectivity index (χ2v) is 11.5. The number of amidine groups is 1. The molecule has 2 aromatic heterocycles. The van der Waals surface area contributed by atoms with Gasteiger partial charge in [0.15, 0.2) is 0 Å². The van der Waals surface area contributed by atoms with Crippen LogP contribution in [0.15, 0.2) is 52.9 Å². The van der Waals surface area contributed by atoms with Crippen LogP contribution in [-0.4, -0.2) is 97.9 Å². The average molecular weight is 622 g/mol. The number of amides is 1. The Labute approximate surface area is 253 Å². The van der Waals surface area contributed by atoms with Crippen molar-refractivity contribution in [2.75, 3.05) is 52.3 Å². The number of carbonyl (C=O) groups is 1. The van der Waals surface area contributed by atoms with E-state index in [-0.39, 0.29) is 41.6 Å². The maximum absolute atomic E-state index is 14.7. The summed E-state index contributed by atoms with van der Waals surface area (Å²) in [6.45, 7) is 7.69. The Morgan fingerprint density at radius 3 is 2.70 bits per heavy atom. The first-order chi connectivity index (χ1) is 20.8. The van der Waals surface area contributed by atoms with Gasteiger partial charge in [-0.1, -0.05) is 11.2 Å². The van der Waals surface area contributed by atoms with E-state index in [2.05, 4.69) is 27.5 Å². The minimum Gasteiger partial charge on any atom is -0.392 e. The fraction of sp³-hybridized carbons (Fsp3) is 0.500. The zero-order valence-electron chi connectivity index (χ0n) is 25.3. The fourth-order valence-corrected chi connectivity index (χ4v) is 5.28. The number of methoxy groups -OCH3 is 1. The number of likely N-dealkylation sites (tertiary alicyclic amines) is 1. The number of nitrogens with zero attached hydrogens (tertiary/aromatic N) is 5. The lowest BCUT2D eigenvalue weighted by Gasteiger charge is -2.33. The molecule has 1 fully saturated rings. The third-order valence-electron chi connectivity index (χ3n) is 7.52. The number of fused-ring (bicyclic) bond motifs is 1. The number of aromatic nitrogens is 2. The van der Waals surface area contributed by atoms with Gasteiger partial charge >= 0.3 is 6.18 Å². The number of piperidine rings is 1. The lowest BCUT2D eigenvalue weighted by atomic mass is 10.0. The molecule has 3 aromatic rings. The van der Waals surface area contributed by atoms with Gasteiger partial charge in [-0.2, -0.15) is 13.2 Å². The smallest absolute Gasteiger partial charge is 0.392 e. The Balaban J connectivity index is 1.49. The summed E-state index contributed by atoms with van der Waals surface area (Å²) in [5, 5.41) is 10.3. The number of ether oxygens (including phenoxy) is 1. The molecule has 2 unspecified atom stereocenters. The standard InChI is InChI=1S/C30H39F4N7O3/c1-29(2,19-43-5)40-13-9-20(16-40)28(42)36-11-14-44-38-27(35-3)26-15-21-23(37-24-17-39(4)12-10-22(24)31)7-6-8-25(21)41(26)18-30(32,33)34/h6-9,13,15-16,22,24,37H,3,10-12,14,17-19H2,1-2,4-5H3,(H,36,42)/b38-27-. The van der Waals surface area contributed by atoms with Crippen molar-refractivity contribution in [1.29, 1.82) is 0 Å². The maximum Gasteiger partial charge on any atom is 0.406 e. The molecule has 0 spiro atoms. The van der Waals surface area contributed by atoms with E-state index in [0.29, 0.717) is 42.8 Å². The monoisotopic (exact) mass is 621 g/mol. The third-order valence-corrected chi connectivity index (χ3v) is 7.52. The first-order valence-corrected chi connectivity index (χ1v) is 14.2. The van der Waals surface area contributed by atoms with Gasteiger partial charge in [0.05, 0.1) is 41.5 Å². The zero-order valence-corrected chi connectivity index (χ0v) is 25.3. The van der Waals surface area contributed by atoms with Crippen LogP contribution in [0.3, 0.4) is 0 Å². The second kappa shape index (κ2) is 13.8. The van der Waals surface area contributed by atoms with Crippen molar-refractivity contribution in [1.82, 2.24) is 19.4 Å². The molecule has 10 nitrogen and oxygen atoms in total. The Morgan fingerprint density at radius 1 is 1.23 bits per heavy atom. The van der Waals surface area contributed by atoms with E-state index in [1.165, 1.54) is 6.07 Å². The van der Waals surface area contributed by atoms with Crippen LogP contribution in [-0.2, 0) is 21.7 Å². The highest BCUT2D eigenvalue weighted by Gasteiger charge is 2.32. The molecule has 44 heavy (non-hydrogen) atoms. The van der Waals surface area contributed by atoms with Gasteiger partial charge in [0.25, 0.3) is 5.91 Å². The highest BCUT2D eigenvalue weighted by atomic mass is 19.4. The summed E-state index contributed by atoms with van der Waals surface area (Å²) in [5.74, 6) is -0.488. The van der Waals surface area contributed by atoms with Gasteiger partial charge in [-0.15, -0.1) is 0 Å². The molecule has 0 bridgehead atoms. The number of carbonyl (C=O) groups excluding carboxylic acids is 1. The Bertz CT molecular complexity index is 1480. The quantitative estimate of drug-likeness (QED) is 0.101. The zero-order chi connectivity index (χ0) is 32.1. The molecule has 1 saturated heterocycles. The summed E-state index contributed by atoms with van der Waals surface area (Å²) < 4.78 is 63.9. The van der Waals surface area contributed by atoms with Crippen LogP contribution in [0.25, 0.3) is 10.9 Å². The average Bonchev–Trinajstić information content (AvgIpc) is 3.59. The SMILES string of the molecule is C=N/C(=N\OCCNC(=O)c1ccn(C(C)(C)COC)c1)c1cc2c(NC3CN(C)CCC3F)cccc2n1CC(F)(F)F. The van der Waals surface area contributed by atoms with E-state index in [9.17, 15) is 22.4 Å². The molecule has 2 atom stereocenters. The number of alkyl halides is 4. The van der Waals surface area contributed by atoms with Crippen LogP contribution in [0.1, 0.15) is 36.3 Å². The van der Waals surface area contributed by atoms with E-state index in [1.807, 2.05) is 30.4 Å². The van der Waals surface area contributed by atoms with E-state index in [0.717, 1.165) is 4.57 Å². The van der Waals surface area contributed by atoms with Gasteiger partial charge in [-0.25, -0.2) is 9.38 Å². The molecule has 1 aliphatic rings. The summed E-state index contributed by atoms with van der Waals surface area (Å²) >= 11 is 0. The van der Waals surface area contributed by atoms with Crippen LogP contribution in [0.2, 0.25) is 0 Å². The topological polar surface area (TPSA) is 97.4 Å². The maximum atomic E-state index is 14.7. The number of hydrogen-bond donors (Lipinski definition) is 2. The van der Waals surface area contributed by atoms with E-state index >= 15 is 0 Å². The van der Waals surface area contributed by atoms with Gasteiger partial charge in [-0.3, -0.25) is 4.79 Å². The molecule has 14 heteroatoms. The summed E-state index contributed by atoms with van der Waals surface area (Å²) in [5.41, 5.74) is 0.909. The van der Waals surface area contributed by atoms with Crippen molar-refractivity contribution in [2.24, 2.45) is 10.1 Å². The van der Waals surface area contributed by atoms with Crippen LogP contribution >= 0.6 is 0 Å². The number of likely N-dealkylation sites (N-methyl/N-ethyl adjacent to an activating group) is 1. The van der Waals surface area contributed by atoms with Gasteiger partial charge in [0, 0.05) is 43.7 Å². The van der Waals surface area contributed by atoms with Crippen LogP contribution in [0.4, 0.5) is 23.2 Å². The summed E-state index contributed by atoms with van der Waals surface area (Å²) in [4.78, 5) is 23.8. The Hall–Kier alpha value is -3.91. The molecule has 1 amide bonds. The second-order valence-electron chi connectivity index (χ2n) is 11.5. The van der Waals surface area contributed by atoms with E-state index in [1.54, 1.807) is 43.8 Å². The van der Waals surface area contributed by atoms with Gasteiger partial charge < -0.3 is 34.2 Å². The van der Waals surface area contributed by atoms with E-state index < -0.39 is 24.9 Å². The molecule has 0 aliphatic carbocycles. The number of aliphatic imine (C=N–C) groups is 1. The molecule has 1 aromatic carbocycles. The lowest BCUT2D eigenvalue weighted by Crippen LogP contribution is -2.47. The summed E-state index contributed by atoms with van der Waals surface area (Å²) in [6, 6.07) is 7.55. The first-order valence-electron chi connectivity index (χ1n) is 14.2. The molecule has 3 heterocycles. The molecular weight excluding hydrogens is 582 g/mol. The van der Waals surface area contributed by atoms with Crippen molar-refractivity contribution in [2.45, 2.75) is 50.7 Å². The lowest BCUT2D eigenvalue weighted by molar-refractivity contribution is -0.139. The van der Waals surface area contributed by atoms with Gasteiger partial charge in [0.1, 0.15) is 19.3 Å². The van der Waals surface area contributed by atoms with Crippen LogP contribution < -0.4 is 10.6 Å². The third kappa shape index (κ3) is 7.97. The normalized spacial score (nSPS) is 18.4. The Kier molecular flexibility index (Phi) is 10.4. The van der Waals surface area contributed by atoms with E-state index in [4.69, 9.17) is 9.57 Å². The fourth-order valence-electron chi connectivity index (χ4n) is 5.28. The highest BCUT2D eigenvalue weighted by Crippen LogP contribution is 2.32.